The summed E-state index contributed by atoms with van der Waals surface area (Å²) in [7, 11) is 1.44. The Kier molecular flexibility index (Phi) is 3.65. The maximum Gasteiger partial charge on any atom is 0.309 e. The van der Waals surface area contributed by atoms with E-state index >= 15 is 0 Å². The van der Waals surface area contributed by atoms with Gasteiger partial charge in [0.05, 0.1) is 13.0 Å². The summed E-state index contributed by atoms with van der Waals surface area (Å²) in [5.41, 5.74) is 2.34. The Morgan fingerprint density at radius 2 is 1.86 bits per heavy atom. The average Bonchev–Trinajstić information content (AvgIpc) is 3.28. The first-order valence-electron chi connectivity index (χ1n) is 7.09. The highest BCUT2D eigenvalue weighted by Gasteiger charge is 2.44. The van der Waals surface area contributed by atoms with Gasteiger partial charge in [0.25, 0.3) is 0 Å². The maximum atomic E-state index is 11.5. The van der Waals surface area contributed by atoms with Crippen LogP contribution in [-0.2, 0) is 9.53 Å². The van der Waals surface area contributed by atoms with E-state index in [0.717, 1.165) is 17.9 Å². The van der Waals surface area contributed by atoms with Crippen molar-refractivity contribution in [1.82, 2.24) is 0 Å². The van der Waals surface area contributed by atoms with Crippen LogP contribution < -0.4 is 4.74 Å². The van der Waals surface area contributed by atoms with Gasteiger partial charge in [-0.15, -0.1) is 0 Å². The van der Waals surface area contributed by atoms with Crippen LogP contribution in [0.1, 0.15) is 23.5 Å². The number of carbonyl (C=O) groups excluding carboxylic acids is 1. The molecule has 0 bridgehead atoms. The van der Waals surface area contributed by atoms with Gasteiger partial charge in [0, 0.05) is 0 Å². The number of benzene rings is 2. The Balaban J connectivity index is 1.66. The zero-order valence-corrected chi connectivity index (χ0v) is 12.2. The number of rotatable bonds is 4. The molecule has 108 valence electrons. The minimum atomic E-state index is -0.111. The van der Waals surface area contributed by atoms with Crippen LogP contribution in [0.5, 0.6) is 11.5 Å². The maximum absolute atomic E-state index is 11.5. The summed E-state index contributed by atoms with van der Waals surface area (Å²) in [6.45, 7) is 2.04. The Morgan fingerprint density at radius 3 is 2.52 bits per heavy atom. The van der Waals surface area contributed by atoms with Crippen LogP contribution >= 0.6 is 0 Å². The first kappa shape index (κ1) is 13.7. The van der Waals surface area contributed by atoms with Crippen LogP contribution in [0.25, 0.3) is 0 Å². The van der Waals surface area contributed by atoms with Crippen LogP contribution in [-0.4, -0.2) is 13.1 Å². The summed E-state index contributed by atoms with van der Waals surface area (Å²) in [5, 5.41) is 0. The van der Waals surface area contributed by atoms with Gasteiger partial charge in [0.2, 0.25) is 0 Å². The van der Waals surface area contributed by atoms with Crippen LogP contribution in [0.15, 0.2) is 48.5 Å². The molecular formula is C18H18O3. The number of ether oxygens (including phenoxy) is 2. The van der Waals surface area contributed by atoms with Crippen molar-refractivity contribution in [2.75, 3.05) is 7.11 Å². The molecule has 3 rings (SSSR count). The van der Waals surface area contributed by atoms with Crippen LogP contribution in [0.2, 0.25) is 0 Å². The molecule has 2 unspecified atom stereocenters. The van der Waals surface area contributed by atoms with Crippen molar-refractivity contribution < 1.29 is 14.3 Å². The minimum Gasteiger partial charge on any atom is -0.469 e. The molecule has 0 amide bonds. The molecule has 21 heavy (non-hydrogen) atoms. The van der Waals surface area contributed by atoms with E-state index in [1.54, 1.807) is 0 Å². The van der Waals surface area contributed by atoms with Crippen molar-refractivity contribution in [2.45, 2.75) is 19.3 Å². The lowest BCUT2D eigenvalue weighted by Crippen LogP contribution is -2.03. The van der Waals surface area contributed by atoms with Crippen molar-refractivity contribution in [3.05, 3.63) is 59.7 Å². The number of aryl methyl sites for hydroxylation is 1. The lowest BCUT2D eigenvalue weighted by molar-refractivity contribution is -0.142. The summed E-state index contributed by atoms with van der Waals surface area (Å²) in [5.74, 6) is 1.85. The standard InChI is InChI=1S/C18H18O3/c1-12-4-3-5-15(10-12)21-14-8-6-13(7-9-14)16-11-17(16)18(19)20-2/h3-10,16-17H,11H2,1-2H3. The fourth-order valence-corrected chi connectivity index (χ4v) is 2.57. The molecule has 0 saturated heterocycles. The quantitative estimate of drug-likeness (QED) is 0.793. The minimum absolute atomic E-state index is 0.0264. The van der Waals surface area contributed by atoms with Crippen molar-refractivity contribution in [3.63, 3.8) is 0 Å². The highest BCUT2D eigenvalue weighted by molar-refractivity contribution is 5.77. The molecule has 2 aromatic carbocycles. The summed E-state index contributed by atoms with van der Waals surface area (Å²) in [6, 6.07) is 15.9. The molecule has 3 heteroatoms. The van der Waals surface area contributed by atoms with Crippen LogP contribution in [0.3, 0.4) is 0 Å². The molecule has 0 aromatic heterocycles. The Morgan fingerprint density at radius 1 is 1.10 bits per heavy atom. The van der Waals surface area contributed by atoms with Crippen molar-refractivity contribution >= 4 is 5.97 Å². The van der Waals surface area contributed by atoms with E-state index in [9.17, 15) is 4.79 Å². The molecule has 0 heterocycles. The van der Waals surface area contributed by atoms with Gasteiger partial charge >= 0.3 is 5.97 Å². The van der Waals surface area contributed by atoms with Gasteiger partial charge in [-0.25, -0.2) is 0 Å². The van der Waals surface area contributed by atoms with Crippen LogP contribution in [0, 0.1) is 12.8 Å². The molecular weight excluding hydrogens is 264 g/mol. The normalized spacial score (nSPS) is 19.9. The third-order valence-electron chi connectivity index (χ3n) is 3.83. The van der Waals surface area contributed by atoms with Gasteiger partial charge in [-0.2, -0.15) is 0 Å². The Hall–Kier alpha value is -2.29. The summed E-state index contributed by atoms with van der Waals surface area (Å²) >= 11 is 0. The first-order valence-corrected chi connectivity index (χ1v) is 7.09. The van der Waals surface area contributed by atoms with Crippen molar-refractivity contribution in [2.24, 2.45) is 5.92 Å². The lowest BCUT2D eigenvalue weighted by atomic mass is 10.1. The van der Waals surface area contributed by atoms with Gasteiger partial charge in [0.15, 0.2) is 0 Å². The van der Waals surface area contributed by atoms with Crippen LogP contribution in [0.4, 0.5) is 0 Å². The predicted octanol–water partition coefficient (Wildman–Crippen LogP) is 4.06. The molecule has 0 spiro atoms. The van der Waals surface area contributed by atoms with Gasteiger partial charge in [0.1, 0.15) is 11.5 Å². The topological polar surface area (TPSA) is 35.5 Å². The smallest absolute Gasteiger partial charge is 0.309 e. The van der Waals surface area contributed by atoms with E-state index in [4.69, 9.17) is 9.47 Å². The van der Waals surface area contributed by atoms with E-state index in [1.807, 2.05) is 55.5 Å². The first-order chi connectivity index (χ1) is 10.2. The summed E-state index contributed by atoms with van der Waals surface area (Å²) in [6.07, 6.45) is 0.880. The fraction of sp³-hybridized carbons (Fsp3) is 0.278. The number of hydrogen-bond donors (Lipinski definition) is 0. The Labute approximate surface area is 124 Å². The second kappa shape index (κ2) is 5.60. The number of hydrogen-bond acceptors (Lipinski definition) is 3. The van der Waals surface area contributed by atoms with Crippen molar-refractivity contribution in [1.29, 1.82) is 0 Å². The van der Waals surface area contributed by atoms with E-state index in [2.05, 4.69) is 0 Å². The van der Waals surface area contributed by atoms with Gasteiger partial charge in [-0.3, -0.25) is 4.79 Å². The number of esters is 1. The molecule has 0 N–H and O–H groups in total. The zero-order chi connectivity index (χ0) is 14.8. The zero-order valence-electron chi connectivity index (χ0n) is 12.2. The highest BCUT2D eigenvalue weighted by Crippen LogP contribution is 2.48. The number of carbonyl (C=O) groups is 1. The predicted molar refractivity (Wildman–Crippen MR) is 80.6 cm³/mol. The van der Waals surface area contributed by atoms with Gasteiger partial charge < -0.3 is 9.47 Å². The molecule has 0 radical (unpaired) electrons. The lowest BCUT2D eigenvalue weighted by Gasteiger charge is -2.07. The monoisotopic (exact) mass is 282 g/mol. The second-order valence-electron chi connectivity index (χ2n) is 5.46. The molecule has 1 fully saturated rings. The van der Waals surface area contributed by atoms with Gasteiger partial charge in [-0.1, -0.05) is 24.3 Å². The van der Waals surface area contributed by atoms with Gasteiger partial charge in [-0.05, 0) is 54.7 Å². The molecule has 1 aliphatic carbocycles. The molecule has 1 saturated carbocycles. The van der Waals surface area contributed by atoms with E-state index < -0.39 is 0 Å². The van der Waals surface area contributed by atoms with Crippen molar-refractivity contribution in [3.8, 4) is 11.5 Å². The molecule has 2 atom stereocenters. The summed E-state index contributed by atoms with van der Waals surface area (Å²) < 4.78 is 10.6. The fourth-order valence-electron chi connectivity index (χ4n) is 2.57. The third-order valence-corrected chi connectivity index (χ3v) is 3.83. The SMILES string of the molecule is COC(=O)C1CC1c1ccc(Oc2cccc(C)c2)cc1. The highest BCUT2D eigenvalue weighted by atomic mass is 16.5. The second-order valence-corrected chi connectivity index (χ2v) is 5.46. The molecule has 0 aliphatic heterocycles. The van der Waals surface area contributed by atoms with E-state index in [0.29, 0.717) is 5.92 Å². The number of methoxy groups -OCH3 is 1. The average molecular weight is 282 g/mol. The molecule has 3 nitrogen and oxygen atoms in total. The Bertz CT molecular complexity index is 646. The summed E-state index contributed by atoms with van der Waals surface area (Å²) in [4.78, 5) is 11.5. The third kappa shape index (κ3) is 3.07. The largest absolute Gasteiger partial charge is 0.469 e. The van der Waals surface area contributed by atoms with E-state index in [1.165, 1.54) is 18.2 Å². The molecule has 1 aliphatic rings. The molecule has 2 aromatic rings. The van der Waals surface area contributed by atoms with E-state index in [-0.39, 0.29) is 11.9 Å².